The Balaban J connectivity index is 1.52. The largest absolute Gasteiger partial charge is 0.361 e. The quantitative estimate of drug-likeness (QED) is 0.772. The minimum absolute atomic E-state index is 0.230. The summed E-state index contributed by atoms with van der Waals surface area (Å²) in [6.45, 7) is 4.17. The molecule has 1 saturated carbocycles. The zero-order valence-corrected chi connectivity index (χ0v) is 14.1. The molecule has 1 aromatic rings. The van der Waals surface area contributed by atoms with Gasteiger partial charge in [0.05, 0.1) is 5.69 Å². The summed E-state index contributed by atoms with van der Waals surface area (Å²) >= 11 is 0. The molecule has 1 saturated heterocycles. The number of carbonyl (C=O) groups excluding carboxylic acids is 1. The monoisotopic (exact) mass is 319 g/mol. The van der Waals surface area contributed by atoms with Crippen LogP contribution in [0.3, 0.4) is 0 Å². The van der Waals surface area contributed by atoms with Crippen LogP contribution in [-0.2, 0) is 17.6 Å². The SMILES string of the molecule is CCCCc1cc(CC2CNCCC2CC(=O)NC2CC2)no1. The molecule has 1 aromatic heterocycles. The number of unbranched alkanes of at least 4 members (excludes halogenated alkanes) is 1. The fourth-order valence-corrected chi connectivity index (χ4v) is 3.43. The highest BCUT2D eigenvalue weighted by atomic mass is 16.5. The molecule has 1 aliphatic heterocycles. The molecule has 2 atom stereocenters. The third-order valence-electron chi connectivity index (χ3n) is 5.01. The van der Waals surface area contributed by atoms with E-state index in [2.05, 4.69) is 28.8 Å². The Hall–Kier alpha value is -1.36. The van der Waals surface area contributed by atoms with Gasteiger partial charge in [0.15, 0.2) is 0 Å². The molecule has 0 bridgehead atoms. The van der Waals surface area contributed by atoms with Gasteiger partial charge in [-0.05, 0) is 57.0 Å². The summed E-state index contributed by atoms with van der Waals surface area (Å²) in [7, 11) is 0. The van der Waals surface area contributed by atoms with Gasteiger partial charge in [0.1, 0.15) is 5.76 Å². The van der Waals surface area contributed by atoms with Crippen LogP contribution in [0.25, 0.3) is 0 Å². The van der Waals surface area contributed by atoms with E-state index in [1.165, 1.54) is 6.42 Å². The Morgan fingerprint density at radius 3 is 3.04 bits per heavy atom. The van der Waals surface area contributed by atoms with Crippen LogP contribution in [0, 0.1) is 11.8 Å². The van der Waals surface area contributed by atoms with Gasteiger partial charge in [-0.1, -0.05) is 18.5 Å². The molecular weight excluding hydrogens is 290 g/mol. The lowest BCUT2D eigenvalue weighted by atomic mass is 9.81. The van der Waals surface area contributed by atoms with E-state index in [0.29, 0.717) is 24.3 Å². The Bertz CT molecular complexity index is 510. The van der Waals surface area contributed by atoms with Gasteiger partial charge in [-0.15, -0.1) is 0 Å². The van der Waals surface area contributed by atoms with Crippen LogP contribution in [-0.4, -0.2) is 30.2 Å². The lowest BCUT2D eigenvalue weighted by molar-refractivity contribution is -0.122. The Labute approximate surface area is 138 Å². The number of amides is 1. The maximum atomic E-state index is 12.1. The van der Waals surface area contributed by atoms with Gasteiger partial charge in [-0.25, -0.2) is 0 Å². The Morgan fingerprint density at radius 2 is 2.26 bits per heavy atom. The van der Waals surface area contributed by atoms with Gasteiger partial charge in [0.25, 0.3) is 0 Å². The van der Waals surface area contributed by atoms with Crippen LogP contribution in [0.2, 0.25) is 0 Å². The first-order valence-electron chi connectivity index (χ1n) is 9.19. The van der Waals surface area contributed by atoms with E-state index in [0.717, 1.165) is 63.1 Å². The molecule has 2 N–H and O–H groups in total. The second-order valence-corrected chi connectivity index (χ2v) is 7.15. The van der Waals surface area contributed by atoms with Crippen LogP contribution in [0.1, 0.15) is 56.9 Å². The molecule has 1 aliphatic carbocycles. The molecule has 5 nitrogen and oxygen atoms in total. The number of hydrogen-bond donors (Lipinski definition) is 2. The summed E-state index contributed by atoms with van der Waals surface area (Å²) in [5.74, 6) is 2.14. The number of aryl methyl sites for hydroxylation is 1. The van der Waals surface area contributed by atoms with E-state index in [9.17, 15) is 4.79 Å². The maximum absolute atomic E-state index is 12.1. The number of rotatable bonds is 8. The van der Waals surface area contributed by atoms with Gasteiger partial charge >= 0.3 is 0 Å². The lowest BCUT2D eigenvalue weighted by Gasteiger charge is -2.31. The van der Waals surface area contributed by atoms with E-state index in [-0.39, 0.29) is 5.91 Å². The van der Waals surface area contributed by atoms with Gasteiger partial charge in [-0.2, -0.15) is 0 Å². The van der Waals surface area contributed by atoms with Crippen molar-refractivity contribution < 1.29 is 9.32 Å². The number of carbonyl (C=O) groups is 1. The summed E-state index contributed by atoms with van der Waals surface area (Å²) in [4.78, 5) is 12.1. The molecule has 23 heavy (non-hydrogen) atoms. The first-order valence-corrected chi connectivity index (χ1v) is 9.19. The number of nitrogens with one attached hydrogen (secondary N) is 2. The number of aromatic nitrogens is 1. The summed E-state index contributed by atoms with van der Waals surface area (Å²) in [5.41, 5.74) is 1.04. The minimum Gasteiger partial charge on any atom is -0.361 e. The highest BCUT2D eigenvalue weighted by molar-refractivity contribution is 5.76. The summed E-state index contributed by atoms with van der Waals surface area (Å²) in [6, 6.07) is 2.56. The molecule has 0 aromatic carbocycles. The third kappa shape index (κ3) is 5.06. The first kappa shape index (κ1) is 16.5. The molecule has 128 valence electrons. The molecule has 5 heteroatoms. The van der Waals surface area contributed by atoms with Crippen molar-refractivity contribution in [1.82, 2.24) is 15.8 Å². The van der Waals surface area contributed by atoms with Crippen LogP contribution in [0.5, 0.6) is 0 Å². The predicted octanol–water partition coefficient (Wildman–Crippen LogP) is 2.45. The third-order valence-corrected chi connectivity index (χ3v) is 5.01. The molecule has 2 unspecified atom stereocenters. The second kappa shape index (κ2) is 7.95. The molecule has 0 spiro atoms. The molecule has 1 amide bonds. The molecule has 2 fully saturated rings. The smallest absolute Gasteiger partial charge is 0.220 e. The highest BCUT2D eigenvalue weighted by Crippen LogP contribution is 2.27. The molecule has 2 heterocycles. The van der Waals surface area contributed by atoms with E-state index in [1.54, 1.807) is 0 Å². The van der Waals surface area contributed by atoms with Gasteiger partial charge in [0.2, 0.25) is 5.91 Å². The van der Waals surface area contributed by atoms with Crippen LogP contribution < -0.4 is 10.6 Å². The summed E-state index contributed by atoms with van der Waals surface area (Å²) < 4.78 is 5.44. The summed E-state index contributed by atoms with van der Waals surface area (Å²) in [5, 5.41) is 10.8. The fourth-order valence-electron chi connectivity index (χ4n) is 3.43. The van der Waals surface area contributed by atoms with E-state index in [4.69, 9.17) is 4.52 Å². The van der Waals surface area contributed by atoms with Crippen molar-refractivity contribution >= 4 is 5.91 Å². The van der Waals surface area contributed by atoms with Gasteiger partial charge in [0, 0.05) is 24.9 Å². The zero-order chi connectivity index (χ0) is 16.1. The van der Waals surface area contributed by atoms with Crippen molar-refractivity contribution in [2.45, 2.75) is 64.3 Å². The zero-order valence-electron chi connectivity index (χ0n) is 14.1. The van der Waals surface area contributed by atoms with Gasteiger partial charge < -0.3 is 15.2 Å². The standard InChI is InChI=1S/C18H29N3O2/c1-2-3-4-17-11-16(21-23-17)9-14-12-19-8-7-13(14)10-18(22)20-15-5-6-15/h11,13-15,19H,2-10,12H2,1H3,(H,20,22). The molecule has 2 aliphatic rings. The maximum Gasteiger partial charge on any atom is 0.220 e. The van der Waals surface area contributed by atoms with Crippen LogP contribution in [0.4, 0.5) is 0 Å². The Morgan fingerprint density at radius 1 is 1.39 bits per heavy atom. The molecular formula is C18H29N3O2. The predicted molar refractivity (Wildman–Crippen MR) is 89.1 cm³/mol. The number of hydrogen-bond acceptors (Lipinski definition) is 4. The van der Waals surface area contributed by atoms with E-state index in [1.807, 2.05) is 0 Å². The van der Waals surface area contributed by atoms with Crippen molar-refractivity contribution in [3.05, 3.63) is 17.5 Å². The van der Waals surface area contributed by atoms with Crippen LogP contribution in [0.15, 0.2) is 10.6 Å². The van der Waals surface area contributed by atoms with E-state index >= 15 is 0 Å². The normalized spacial score (nSPS) is 24.6. The number of piperidine rings is 1. The Kier molecular flexibility index (Phi) is 5.70. The minimum atomic E-state index is 0.230. The average Bonchev–Trinajstić information content (AvgIpc) is 3.24. The van der Waals surface area contributed by atoms with Crippen molar-refractivity contribution in [2.75, 3.05) is 13.1 Å². The molecule has 3 rings (SSSR count). The van der Waals surface area contributed by atoms with Crippen molar-refractivity contribution in [1.29, 1.82) is 0 Å². The fraction of sp³-hybridized carbons (Fsp3) is 0.778. The van der Waals surface area contributed by atoms with Crippen LogP contribution >= 0.6 is 0 Å². The van der Waals surface area contributed by atoms with Crippen molar-refractivity contribution in [3.63, 3.8) is 0 Å². The highest BCUT2D eigenvalue weighted by Gasteiger charge is 2.30. The van der Waals surface area contributed by atoms with Crippen molar-refractivity contribution in [2.24, 2.45) is 11.8 Å². The molecule has 0 radical (unpaired) electrons. The summed E-state index contributed by atoms with van der Waals surface area (Å²) in [6.07, 6.45) is 8.22. The topological polar surface area (TPSA) is 67.2 Å². The second-order valence-electron chi connectivity index (χ2n) is 7.15. The van der Waals surface area contributed by atoms with Crippen molar-refractivity contribution in [3.8, 4) is 0 Å². The number of nitrogens with zero attached hydrogens (tertiary/aromatic N) is 1. The van der Waals surface area contributed by atoms with E-state index < -0.39 is 0 Å². The average molecular weight is 319 g/mol. The van der Waals surface area contributed by atoms with Gasteiger partial charge in [-0.3, -0.25) is 4.79 Å². The lowest BCUT2D eigenvalue weighted by Crippen LogP contribution is -2.40. The first-order chi connectivity index (χ1) is 11.2.